The van der Waals surface area contributed by atoms with Crippen molar-refractivity contribution < 1.29 is 9.53 Å². The van der Waals surface area contributed by atoms with Crippen LogP contribution in [0.1, 0.15) is 26.7 Å². The second-order valence-corrected chi connectivity index (χ2v) is 6.55. The Labute approximate surface area is 123 Å². The summed E-state index contributed by atoms with van der Waals surface area (Å²) in [7, 11) is 5.65. The summed E-state index contributed by atoms with van der Waals surface area (Å²) in [6.07, 6.45) is 2.10. The van der Waals surface area contributed by atoms with Crippen LogP contribution in [0.4, 0.5) is 0 Å². The van der Waals surface area contributed by atoms with Gasteiger partial charge in [0, 0.05) is 19.1 Å². The molecular formula is C15H31N3O2. The number of carbonyl (C=O) groups is 1. The molecule has 0 aliphatic carbocycles. The fourth-order valence-corrected chi connectivity index (χ4v) is 3.15. The maximum absolute atomic E-state index is 12.4. The lowest BCUT2D eigenvalue weighted by atomic mass is 9.79. The van der Waals surface area contributed by atoms with Crippen molar-refractivity contribution in [3.8, 4) is 0 Å². The van der Waals surface area contributed by atoms with Crippen LogP contribution in [0.5, 0.6) is 0 Å². The Hall–Kier alpha value is -0.650. The van der Waals surface area contributed by atoms with Crippen molar-refractivity contribution in [2.45, 2.75) is 32.7 Å². The summed E-state index contributed by atoms with van der Waals surface area (Å²) in [4.78, 5) is 14.4. The maximum Gasteiger partial charge on any atom is 0.237 e. The highest BCUT2D eigenvalue weighted by Crippen LogP contribution is 2.28. The maximum atomic E-state index is 12.4. The van der Waals surface area contributed by atoms with Crippen molar-refractivity contribution in [3.05, 3.63) is 0 Å². The topological polar surface area (TPSA) is 53.6 Å². The van der Waals surface area contributed by atoms with Crippen molar-refractivity contribution in [2.75, 3.05) is 47.4 Å². The third-order valence-corrected chi connectivity index (χ3v) is 4.21. The third kappa shape index (κ3) is 4.72. The van der Waals surface area contributed by atoms with E-state index < -0.39 is 0 Å². The van der Waals surface area contributed by atoms with Gasteiger partial charge < -0.3 is 15.4 Å². The second-order valence-electron chi connectivity index (χ2n) is 6.55. The molecule has 1 amide bonds. The van der Waals surface area contributed by atoms with E-state index in [9.17, 15) is 4.79 Å². The number of hydrogen-bond acceptors (Lipinski definition) is 4. The Morgan fingerprint density at radius 1 is 1.35 bits per heavy atom. The van der Waals surface area contributed by atoms with E-state index in [0.717, 1.165) is 25.9 Å². The van der Waals surface area contributed by atoms with Gasteiger partial charge in [-0.25, -0.2) is 0 Å². The Morgan fingerprint density at radius 3 is 2.40 bits per heavy atom. The summed E-state index contributed by atoms with van der Waals surface area (Å²) in [6, 6.07) is -0.0729. The van der Waals surface area contributed by atoms with Crippen LogP contribution in [0.25, 0.3) is 0 Å². The van der Waals surface area contributed by atoms with E-state index in [1.165, 1.54) is 0 Å². The molecule has 0 aromatic heterocycles. The normalized spacial score (nSPS) is 20.1. The van der Waals surface area contributed by atoms with Crippen LogP contribution in [0.15, 0.2) is 0 Å². The Balaban J connectivity index is 2.60. The summed E-state index contributed by atoms with van der Waals surface area (Å²) in [6.45, 7) is 7.59. The summed E-state index contributed by atoms with van der Waals surface area (Å²) in [5, 5.41) is 6.52. The molecule has 20 heavy (non-hydrogen) atoms. The van der Waals surface area contributed by atoms with Gasteiger partial charge in [-0.2, -0.15) is 0 Å². The van der Waals surface area contributed by atoms with Crippen LogP contribution in [0, 0.1) is 11.3 Å². The molecule has 1 rings (SSSR count). The Morgan fingerprint density at radius 2 is 1.95 bits per heavy atom. The van der Waals surface area contributed by atoms with Gasteiger partial charge in [-0.05, 0) is 45.9 Å². The van der Waals surface area contributed by atoms with Gasteiger partial charge in [-0.15, -0.1) is 0 Å². The second kappa shape index (κ2) is 7.96. The van der Waals surface area contributed by atoms with Crippen LogP contribution in [-0.2, 0) is 9.53 Å². The minimum Gasteiger partial charge on any atom is -0.384 e. The van der Waals surface area contributed by atoms with Gasteiger partial charge in [0.25, 0.3) is 0 Å². The lowest BCUT2D eigenvalue weighted by Gasteiger charge is -2.38. The molecule has 0 bridgehead atoms. The minimum absolute atomic E-state index is 0.0729. The molecular weight excluding hydrogens is 254 g/mol. The summed E-state index contributed by atoms with van der Waals surface area (Å²) in [5.74, 6) is 0.426. The predicted octanol–water partition coefficient (Wildman–Crippen LogP) is 0.705. The van der Waals surface area contributed by atoms with Gasteiger partial charge in [0.15, 0.2) is 0 Å². The first-order valence-electron chi connectivity index (χ1n) is 7.56. The molecule has 0 spiro atoms. The highest BCUT2D eigenvalue weighted by atomic mass is 16.5. The number of ether oxygens (including phenoxy) is 1. The van der Waals surface area contributed by atoms with E-state index >= 15 is 0 Å². The Bertz CT molecular complexity index is 286. The fraction of sp³-hybridized carbons (Fsp3) is 0.933. The van der Waals surface area contributed by atoms with Crippen LogP contribution in [0.2, 0.25) is 0 Å². The number of nitrogens with one attached hydrogen (secondary N) is 2. The van der Waals surface area contributed by atoms with Crippen LogP contribution >= 0.6 is 0 Å². The van der Waals surface area contributed by atoms with E-state index in [1.54, 1.807) is 7.11 Å². The van der Waals surface area contributed by atoms with E-state index in [0.29, 0.717) is 19.1 Å². The molecule has 1 heterocycles. The highest BCUT2D eigenvalue weighted by molar-refractivity contribution is 5.82. The molecule has 1 aliphatic heterocycles. The van der Waals surface area contributed by atoms with Crippen LogP contribution in [0.3, 0.4) is 0 Å². The molecule has 0 aromatic carbocycles. The Kier molecular flexibility index (Phi) is 6.92. The zero-order chi connectivity index (χ0) is 15.2. The van der Waals surface area contributed by atoms with Gasteiger partial charge in [0.1, 0.15) is 0 Å². The molecule has 0 saturated carbocycles. The summed E-state index contributed by atoms with van der Waals surface area (Å²) < 4.78 is 5.38. The average molecular weight is 285 g/mol. The van der Waals surface area contributed by atoms with E-state index in [-0.39, 0.29) is 17.4 Å². The SMILES string of the molecule is COCC1(CNC(=O)[C@@H](C(C)C)N(C)C)CCNCC1. The number of amides is 1. The number of hydrogen-bond donors (Lipinski definition) is 2. The number of methoxy groups -OCH3 is 1. The van der Waals surface area contributed by atoms with Crippen molar-refractivity contribution in [3.63, 3.8) is 0 Å². The first kappa shape index (κ1) is 17.4. The quantitative estimate of drug-likeness (QED) is 0.723. The number of nitrogens with zero attached hydrogens (tertiary/aromatic N) is 1. The zero-order valence-corrected chi connectivity index (χ0v) is 13.7. The fourth-order valence-electron chi connectivity index (χ4n) is 3.15. The minimum atomic E-state index is -0.0729. The number of piperidine rings is 1. The van der Waals surface area contributed by atoms with E-state index in [2.05, 4.69) is 24.5 Å². The van der Waals surface area contributed by atoms with Gasteiger partial charge in [0.05, 0.1) is 12.6 Å². The zero-order valence-electron chi connectivity index (χ0n) is 13.7. The van der Waals surface area contributed by atoms with Crippen molar-refractivity contribution >= 4 is 5.91 Å². The molecule has 118 valence electrons. The monoisotopic (exact) mass is 285 g/mol. The van der Waals surface area contributed by atoms with E-state index in [1.807, 2.05) is 19.0 Å². The summed E-state index contributed by atoms with van der Waals surface area (Å²) >= 11 is 0. The number of rotatable bonds is 7. The van der Waals surface area contributed by atoms with Gasteiger partial charge in [-0.3, -0.25) is 9.69 Å². The molecule has 0 radical (unpaired) electrons. The highest BCUT2D eigenvalue weighted by Gasteiger charge is 2.34. The molecule has 1 saturated heterocycles. The van der Waals surface area contributed by atoms with Crippen molar-refractivity contribution in [1.29, 1.82) is 0 Å². The standard InChI is InChI=1S/C15H31N3O2/c1-12(2)13(18(3)4)14(19)17-10-15(11-20-5)6-8-16-9-7-15/h12-13,16H,6-11H2,1-5H3,(H,17,19)/t13-/m1/s1. The predicted molar refractivity (Wildman–Crippen MR) is 81.7 cm³/mol. The van der Waals surface area contributed by atoms with Crippen molar-refractivity contribution in [2.24, 2.45) is 11.3 Å². The lowest BCUT2D eigenvalue weighted by Crippen LogP contribution is -2.52. The first-order valence-corrected chi connectivity index (χ1v) is 7.56. The molecule has 1 atom stereocenters. The molecule has 5 nitrogen and oxygen atoms in total. The van der Waals surface area contributed by atoms with E-state index in [4.69, 9.17) is 4.74 Å². The van der Waals surface area contributed by atoms with Gasteiger partial charge in [0.2, 0.25) is 5.91 Å². The molecule has 0 aromatic rings. The molecule has 2 N–H and O–H groups in total. The first-order chi connectivity index (χ1) is 9.42. The smallest absolute Gasteiger partial charge is 0.237 e. The molecule has 1 aliphatic rings. The van der Waals surface area contributed by atoms with Crippen LogP contribution < -0.4 is 10.6 Å². The third-order valence-electron chi connectivity index (χ3n) is 4.21. The van der Waals surface area contributed by atoms with Gasteiger partial charge >= 0.3 is 0 Å². The van der Waals surface area contributed by atoms with Crippen LogP contribution in [-0.4, -0.2) is 64.3 Å². The number of carbonyl (C=O) groups excluding carboxylic acids is 1. The molecule has 5 heteroatoms. The molecule has 1 fully saturated rings. The number of likely N-dealkylation sites (N-methyl/N-ethyl adjacent to an activating group) is 1. The molecule has 0 unspecified atom stereocenters. The summed E-state index contributed by atoms with van der Waals surface area (Å²) in [5.41, 5.74) is 0.0868. The average Bonchev–Trinajstić information content (AvgIpc) is 2.37. The lowest BCUT2D eigenvalue weighted by molar-refractivity contribution is -0.127. The van der Waals surface area contributed by atoms with Crippen molar-refractivity contribution in [1.82, 2.24) is 15.5 Å². The largest absolute Gasteiger partial charge is 0.384 e. The van der Waals surface area contributed by atoms with Gasteiger partial charge in [-0.1, -0.05) is 13.8 Å².